The second-order valence-electron chi connectivity index (χ2n) is 2.14. The predicted octanol–water partition coefficient (Wildman–Crippen LogP) is -2.42. The standard InChI is InChI=1S/C6H4N2O5.K/c9-5-3-1-2-4(7(10)11)6(5)8(12)13;/h1-3,9H;/q;+1/p-1. The molecule has 0 atom stereocenters. The van der Waals surface area contributed by atoms with Crippen molar-refractivity contribution >= 4 is 11.4 Å². The third-order valence-corrected chi connectivity index (χ3v) is 1.36. The minimum Gasteiger partial charge on any atom is -0.868 e. The van der Waals surface area contributed by atoms with E-state index < -0.39 is 27.0 Å². The van der Waals surface area contributed by atoms with Gasteiger partial charge < -0.3 is 5.11 Å². The molecule has 7 nitrogen and oxygen atoms in total. The Labute approximate surface area is 120 Å². The minimum atomic E-state index is -1.06. The van der Waals surface area contributed by atoms with Crippen LogP contribution in [-0.2, 0) is 0 Å². The van der Waals surface area contributed by atoms with E-state index in [1.54, 1.807) is 0 Å². The average Bonchev–Trinajstić information content (AvgIpc) is 2.02. The first-order valence-electron chi connectivity index (χ1n) is 3.13. The number of hydrogen-bond acceptors (Lipinski definition) is 5. The van der Waals surface area contributed by atoms with Gasteiger partial charge in [0.05, 0.1) is 9.85 Å². The first kappa shape index (κ1) is 13.5. The summed E-state index contributed by atoms with van der Waals surface area (Å²) in [5.41, 5.74) is -1.77. The van der Waals surface area contributed by atoms with Crippen molar-refractivity contribution in [3.63, 3.8) is 0 Å². The molecule has 0 saturated heterocycles. The minimum absolute atomic E-state index is 0. The number of nitrogens with zero attached hydrogens (tertiary/aromatic N) is 2. The van der Waals surface area contributed by atoms with Crippen LogP contribution in [0.3, 0.4) is 0 Å². The van der Waals surface area contributed by atoms with E-state index in [0.29, 0.717) is 0 Å². The molecule has 0 amide bonds. The first-order valence-corrected chi connectivity index (χ1v) is 3.13. The van der Waals surface area contributed by atoms with Crippen LogP contribution in [0.25, 0.3) is 0 Å². The molecule has 8 heteroatoms. The number of nitro benzene ring substituents is 2. The molecule has 0 fully saturated rings. The Morgan fingerprint density at radius 1 is 1.07 bits per heavy atom. The monoisotopic (exact) mass is 222 g/mol. The Morgan fingerprint density at radius 3 is 2.00 bits per heavy atom. The van der Waals surface area contributed by atoms with Crippen molar-refractivity contribution in [3.8, 4) is 5.75 Å². The van der Waals surface area contributed by atoms with E-state index in [-0.39, 0.29) is 51.4 Å². The largest absolute Gasteiger partial charge is 1.00 e. The van der Waals surface area contributed by atoms with Gasteiger partial charge in [-0.1, -0.05) is 12.1 Å². The molecule has 1 rings (SSSR count). The van der Waals surface area contributed by atoms with Crippen molar-refractivity contribution in [1.82, 2.24) is 0 Å². The summed E-state index contributed by atoms with van der Waals surface area (Å²) in [6, 6.07) is 2.93. The summed E-state index contributed by atoms with van der Waals surface area (Å²) in [5.74, 6) is -0.959. The van der Waals surface area contributed by atoms with Crippen LogP contribution in [0.15, 0.2) is 18.2 Å². The van der Waals surface area contributed by atoms with Crippen LogP contribution in [0.4, 0.5) is 11.4 Å². The number of rotatable bonds is 2. The molecule has 0 N–H and O–H groups in total. The van der Waals surface area contributed by atoms with Gasteiger partial charge in [-0.3, -0.25) is 20.2 Å². The van der Waals surface area contributed by atoms with Gasteiger partial charge in [0.25, 0.3) is 0 Å². The number of para-hydroxylation sites is 1. The molecule has 0 saturated carbocycles. The Kier molecular flexibility index (Phi) is 5.16. The molecule has 0 spiro atoms. The fourth-order valence-electron chi connectivity index (χ4n) is 0.842. The van der Waals surface area contributed by atoms with Crippen LogP contribution in [-0.4, -0.2) is 9.85 Å². The van der Waals surface area contributed by atoms with E-state index >= 15 is 0 Å². The zero-order valence-corrected chi connectivity index (χ0v) is 10.3. The van der Waals surface area contributed by atoms with Gasteiger partial charge in [-0.15, -0.1) is 0 Å². The maximum atomic E-state index is 10.8. The van der Waals surface area contributed by atoms with Gasteiger partial charge in [0.1, 0.15) is 0 Å². The molecule has 0 aliphatic rings. The summed E-state index contributed by atoms with van der Waals surface area (Å²) >= 11 is 0. The van der Waals surface area contributed by atoms with Gasteiger partial charge in [-0.05, 0) is 5.75 Å². The van der Waals surface area contributed by atoms with Gasteiger partial charge in [-0.2, -0.15) is 0 Å². The smallest absolute Gasteiger partial charge is 0.868 e. The maximum Gasteiger partial charge on any atom is 1.00 e. The number of hydrogen-bond donors (Lipinski definition) is 0. The summed E-state index contributed by atoms with van der Waals surface area (Å²) < 4.78 is 0. The first-order chi connectivity index (χ1) is 6.04. The van der Waals surface area contributed by atoms with Crippen molar-refractivity contribution in [2.75, 3.05) is 0 Å². The van der Waals surface area contributed by atoms with Gasteiger partial charge in [0.2, 0.25) is 0 Å². The normalized spacial score (nSPS) is 8.86. The summed E-state index contributed by atoms with van der Waals surface area (Å²) in [4.78, 5) is 18.5. The van der Waals surface area contributed by atoms with Crippen LogP contribution >= 0.6 is 0 Å². The number of benzene rings is 1. The predicted molar refractivity (Wildman–Crippen MR) is 39.2 cm³/mol. The van der Waals surface area contributed by atoms with E-state index in [2.05, 4.69) is 0 Å². The summed E-state index contributed by atoms with van der Waals surface area (Å²) in [6.07, 6.45) is 0. The molecule has 14 heavy (non-hydrogen) atoms. The van der Waals surface area contributed by atoms with Crippen LogP contribution in [0, 0.1) is 20.2 Å². The third kappa shape index (κ3) is 2.72. The molecular formula is C6H3KN2O5. The molecule has 1 aromatic carbocycles. The average molecular weight is 222 g/mol. The molecule has 68 valence electrons. The maximum absolute atomic E-state index is 10.8. The third-order valence-electron chi connectivity index (χ3n) is 1.36. The zero-order valence-electron chi connectivity index (χ0n) is 7.17. The Balaban J connectivity index is 0.00000169. The topological polar surface area (TPSA) is 109 Å². The fourth-order valence-corrected chi connectivity index (χ4v) is 0.842. The molecule has 0 aliphatic carbocycles. The van der Waals surface area contributed by atoms with E-state index in [1.807, 2.05) is 0 Å². The van der Waals surface area contributed by atoms with Crippen molar-refractivity contribution in [3.05, 3.63) is 38.4 Å². The van der Waals surface area contributed by atoms with E-state index in [4.69, 9.17) is 0 Å². The van der Waals surface area contributed by atoms with Gasteiger partial charge in [0.15, 0.2) is 0 Å². The summed E-state index contributed by atoms with van der Waals surface area (Å²) in [6.45, 7) is 0. The van der Waals surface area contributed by atoms with E-state index in [0.717, 1.165) is 18.2 Å². The molecule has 0 unspecified atom stereocenters. The zero-order chi connectivity index (χ0) is 10.0. The molecule has 0 heterocycles. The van der Waals surface area contributed by atoms with Crippen molar-refractivity contribution in [1.29, 1.82) is 0 Å². The van der Waals surface area contributed by atoms with Crippen LogP contribution in [0.1, 0.15) is 0 Å². The van der Waals surface area contributed by atoms with Crippen molar-refractivity contribution in [2.45, 2.75) is 0 Å². The molecule has 0 radical (unpaired) electrons. The SMILES string of the molecule is O=[N+]([O-])c1cccc([O-])c1[N+](=O)[O-].[K+]. The van der Waals surface area contributed by atoms with Gasteiger partial charge in [0, 0.05) is 6.07 Å². The molecule has 0 aliphatic heterocycles. The molecule has 0 bridgehead atoms. The Bertz CT molecular complexity index is 380. The van der Waals surface area contributed by atoms with Crippen LogP contribution in [0.5, 0.6) is 5.75 Å². The molecule has 0 aromatic heterocycles. The van der Waals surface area contributed by atoms with E-state index in [1.165, 1.54) is 0 Å². The molecule has 1 aromatic rings. The quantitative estimate of drug-likeness (QED) is 0.314. The molecular weight excluding hydrogens is 219 g/mol. The second-order valence-corrected chi connectivity index (χ2v) is 2.14. The van der Waals surface area contributed by atoms with Crippen LogP contribution in [0.2, 0.25) is 0 Å². The Morgan fingerprint density at radius 2 is 1.64 bits per heavy atom. The number of nitro groups is 2. The second kappa shape index (κ2) is 5.37. The summed E-state index contributed by atoms with van der Waals surface area (Å²) in [7, 11) is 0. The van der Waals surface area contributed by atoms with E-state index in [9.17, 15) is 25.3 Å². The van der Waals surface area contributed by atoms with Crippen molar-refractivity contribution < 1.29 is 66.3 Å². The van der Waals surface area contributed by atoms with Crippen LogP contribution < -0.4 is 56.5 Å². The van der Waals surface area contributed by atoms with Gasteiger partial charge >= 0.3 is 62.8 Å². The fraction of sp³-hybridized carbons (Fsp3) is 0. The van der Waals surface area contributed by atoms with Crippen molar-refractivity contribution in [2.24, 2.45) is 0 Å². The van der Waals surface area contributed by atoms with Gasteiger partial charge in [-0.25, -0.2) is 0 Å². The Hall–Kier alpha value is -0.544. The summed E-state index contributed by atoms with van der Waals surface area (Å²) in [5, 5.41) is 31.3.